The van der Waals surface area contributed by atoms with E-state index in [1.54, 1.807) is 56.4 Å². The lowest BCUT2D eigenvalue weighted by Crippen LogP contribution is -2.08. The molecule has 0 aliphatic carbocycles. The lowest BCUT2D eigenvalue weighted by atomic mass is 10.0. The van der Waals surface area contributed by atoms with Crippen molar-refractivity contribution >= 4 is 23.2 Å². The van der Waals surface area contributed by atoms with E-state index in [0.717, 1.165) is 0 Å². The average molecular weight is 365 g/mol. The molecular weight excluding hydrogens is 346 g/mol. The zero-order valence-corrected chi connectivity index (χ0v) is 15.1. The predicted molar refractivity (Wildman–Crippen MR) is 99.2 cm³/mol. The standard InChI is InChI=1S/C21H19NO5/c1-3-26-20(24)16-13-18(21(25)27-4-2)22-11-10-15(12-17(16)22)19(23)14-8-6-5-7-9-14/h5-13H,3-4H2,1-2H3. The highest BCUT2D eigenvalue weighted by molar-refractivity contribution is 6.10. The monoisotopic (exact) mass is 365 g/mol. The Morgan fingerprint density at radius 3 is 2.19 bits per heavy atom. The molecule has 0 amide bonds. The quantitative estimate of drug-likeness (QED) is 0.493. The molecule has 0 N–H and O–H groups in total. The molecule has 0 aliphatic rings. The van der Waals surface area contributed by atoms with E-state index in [9.17, 15) is 14.4 Å². The van der Waals surface area contributed by atoms with Gasteiger partial charge in [-0.3, -0.25) is 4.79 Å². The fourth-order valence-electron chi connectivity index (χ4n) is 2.83. The first-order valence-electron chi connectivity index (χ1n) is 8.65. The summed E-state index contributed by atoms with van der Waals surface area (Å²) in [6, 6.07) is 13.5. The Morgan fingerprint density at radius 1 is 0.852 bits per heavy atom. The summed E-state index contributed by atoms with van der Waals surface area (Å²) < 4.78 is 11.7. The number of hydrogen-bond donors (Lipinski definition) is 0. The minimum absolute atomic E-state index is 0.174. The Labute approximate surface area is 156 Å². The molecule has 2 heterocycles. The number of nitrogens with zero attached hydrogens (tertiary/aromatic N) is 1. The largest absolute Gasteiger partial charge is 0.462 e. The number of esters is 2. The number of carbonyl (C=O) groups is 3. The first-order chi connectivity index (χ1) is 13.1. The number of hydrogen-bond acceptors (Lipinski definition) is 5. The summed E-state index contributed by atoms with van der Waals surface area (Å²) in [6.45, 7) is 3.82. The van der Waals surface area contributed by atoms with Gasteiger partial charge in [-0.05, 0) is 32.0 Å². The second-order valence-electron chi connectivity index (χ2n) is 5.75. The highest BCUT2D eigenvalue weighted by Gasteiger charge is 2.22. The Balaban J connectivity index is 2.13. The number of benzene rings is 1. The van der Waals surface area contributed by atoms with Crippen LogP contribution in [0.25, 0.3) is 5.52 Å². The molecule has 138 valence electrons. The van der Waals surface area contributed by atoms with E-state index in [0.29, 0.717) is 16.6 Å². The Kier molecular flexibility index (Phi) is 5.35. The fourth-order valence-corrected chi connectivity index (χ4v) is 2.83. The molecule has 3 aromatic rings. The molecule has 6 nitrogen and oxygen atoms in total. The summed E-state index contributed by atoms with van der Waals surface area (Å²) in [5.41, 5.74) is 1.78. The highest BCUT2D eigenvalue weighted by atomic mass is 16.5. The number of pyridine rings is 1. The first kappa shape index (κ1) is 18.4. The maximum absolute atomic E-state index is 12.7. The maximum atomic E-state index is 12.7. The smallest absolute Gasteiger partial charge is 0.355 e. The van der Waals surface area contributed by atoms with Crippen molar-refractivity contribution < 1.29 is 23.9 Å². The number of carbonyl (C=O) groups excluding carboxylic acids is 3. The topological polar surface area (TPSA) is 74.1 Å². The molecular formula is C21H19NO5. The van der Waals surface area contributed by atoms with Crippen LogP contribution in [0.15, 0.2) is 54.7 Å². The Morgan fingerprint density at radius 2 is 1.52 bits per heavy atom. The van der Waals surface area contributed by atoms with E-state index < -0.39 is 11.9 Å². The van der Waals surface area contributed by atoms with Crippen LogP contribution in [0, 0.1) is 0 Å². The van der Waals surface area contributed by atoms with E-state index >= 15 is 0 Å². The van der Waals surface area contributed by atoms with Gasteiger partial charge in [0, 0.05) is 17.3 Å². The molecule has 0 radical (unpaired) electrons. The maximum Gasteiger partial charge on any atom is 0.355 e. The summed E-state index contributed by atoms with van der Waals surface area (Å²) in [4.78, 5) is 37.3. The van der Waals surface area contributed by atoms with Gasteiger partial charge in [0.1, 0.15) is 5.69 Å². The summed E-state index contributed by atoms with van der Waals surface area (Å²) in [7, 11) is 0. The zero-order chi connectivity index (χ0) is 19.4. The molecule has 1 aromatic carbocycles. The molecule has 27 heavy (non-hydrogen) atoms. The molecule has 6 heteroatoms. The molecule has 0 bridgehead atoms. The fraction of sp³-hybridized carbons (Fsp3) is 0.190. The van der Waals surface area contributed by atoms with Crippen LogP contribution in [0.4, 0.5) is 0 Å². The summed E-state index contributed by atoms with van der Waals surface area (Å²) in [5.74, 6) is -1.29. The van der Waals surface area contributed by atoms with Gasteiger partial charge in [0.25, 0.3) is 0 Å². The minimum Gasteiger partial charge on any atom is -0.462 e. The SMILES string of the molecule is CCOC(=O)c1cc(C(=O)OCC)n2ccc(C(=O)c3ccccc3)cc12. The molecule has 0 saturated carbocycles. The van der Waals surface area contributed by atoms with Crippen LogP contribution in [-0.4, -0.2) is 35.3 Å². The van der Waals surface area contributed by atoms with Gasteiger partial charge in [-0.2, -0.15) is 0 Å². The van der Waals surface area contributed by atoms with Crippen LogP contribution in [0.3, 0.4) is 0 Å². The van der Waals surface area contributed by atoms with Gasteiger partial charge in [0.15, 0.2) is 5.78 Å². The van der Waals surface area contributed by atoms with Gasteiger partial charge in [0.2, 0.25) is 0 Å². The van der Waals surface area contributed by atoms with E-state index in [-0.39, 0.29) is 30.3 Å². The minimum atomic E-state index is -0.560. The van der Waals surface area contributed by atoms with Gasteiger partial charge in [-0.25, -0.2) is 9.59 Å². The predicted octanol–water partition coefficient (Wildman–Crippen LogP) is 3.52. The molecule has 0 spiro atoms. The van der Waals surface area contributed by atoms with Crippen molar-refractivity contribution in [2.24, 2.45) is 0 Å². The van der Waals surface area contributed by atoms with Gasteiger partial charge < -0.3 is 13.9 Å². The summed E-state index contributed by atoms with van der Waals surface area (Å²) in [6.07, 6.45) is 1.58. The van der Waals surface area contributed by atoms with Crippen molar-refractivity contribution in [2.45, 2.75) is 13.8 Å². The molecule has 3 rings (SSSR count). The van der Waals surface area contributed by atoms with Gasteiger partial charge >= 0.3 is 11.9 Å². The third-order valence-electron chi connectivity index (χ3n) is 4.05. The summed E-state index contributed by atoms with van der Waals surface area (Å²) >= 11 is 0. The molecule has 0 saturated heterocycles. The van der Waals surface area contributed by atoms with Crippen LogP contribution in [0.5, 0.6) is 0 Å². The normalized spacial score (nSPS) is 10.6. The number of aromatic nitrogens is 1. The number of fused-ring (bicyclic) bond motifs is 1. The van der Waals surface area contributed by atoms with Crippen molar-refractivity contribution in [3.05, 3.63) is 77.1 Å². The third-order valence-corrected chi connectivity index (χ3v) is 4.05. The first-order valence-corrected chi connectivity index (χ1v) is 8.65. The van der Waals surface area contributed by atoms with Crippen LogP contribution >= 0.6 is 0 Å². The van der Waals surface area contributed by atoms with Gasteiger partial charge in [-0.15, -0.1) is 0 Å². The van der Waals surface area contributed by atoms with Crippen molar-refractivity contribution in [1.82, 2.24) is 4.40 Å². The third kappa shape index (κ3) is 3.60. The lowest BCUT2D eigenvalue weighted by molar-refractivity contribution is 0.0517. The Bertz CT molecular complexity index is 1000. The second kappa shape index (κ2) is 7.86. The molecule has 2 aromatic heterocycles. The van der Waals surface area contributed by atoms with Crippen molar-refractivity contribution in [3.63, 3.8) is 0 Å². The van der Waals surface area contributed by atoms with E-state index in [1.807, 2.05) is 6.07 Å². The molecule has 0 aliphatic heterocycles. The number of rotatable bonds is 6. The number of ketones is 1. The second-order valence-corrected chi connectivity index (χ2v) is 5.75. The molecule has 0 unspecified atom stereocenters. The van der Waals surface area contributed by atoms with Gasteiger partial charge in [-0.1, -0.05) is 30.3 Å². The number of ether oxygens (including phenoxy) is 2. The molecule has 0 atom stereocenters. The molecule has 0 fully saturated rings. The van der Waals surface area contributed by atoms with E-state index in [1.165, 1.54) is 10.5 Å². The van der Waals surface area contributed by atoms with Crippen LogP contribution in [-0.2, 0) is 9.47 Å². The highest BCUT2D eigenvalue weighted by Crippen LogP contribution is 2.22. The lowest BCUT2D eigenvalue weighted by Gasteiger charge is -2.06. The zero-order valence-electron chi connectivity index (χ0n) is 15.1. The van der Waals surface area contributed by atoms with Crippen molar-refractivity contribution in [3.8, 4) is 0 Å². The Hall–Kier alpha value is -3.41. The van der Waals surface area contributed by atoms with Crippen LogP contribution < -0.4 is 0 Å². The van der Waals surface area contributed by atoms with Crippen molar-refractivity contribution in [1.29, 1.82) is 0 Å². The van der Waals surface area contributed by atoms with E-state index in [2.05, 4.69) is 0 Å². The van der Waals surface area contributed by atoms with Crippen LogP contribution in [0.2, 0.25) is 0 Å². The van der Waals surface area contributed by atoms with Crippen molar-refractivity contribution in [2.75, 3.05) is 13.2 Å². The van der Waals surface area contributed by atoms with Crippen LogP contribution in [0.1, 0.15) is 50.6 Å². The average Bonchev–Trinajstić information content (AvgIpc) is 3.07. The van der Waals surface area contributed by atoms with E-state index in [4.69, 9.17) is 9.47 Å². The summed E-state index contributed by atoms with van der Waals surface area (Å²) in [5, 5.41) is 0. The van der Waals surface area contributed by atoms with Gasteiger partial charge in [0.05, 0.1) is 24.3 Å².